The van der Waals surface area contributed by atoms with Crippen molar-refractivity contribution in [1.82, 2.24) is 25.4 Å². The Bertz CT molecular complexity index is 2490. The molecule has 0 unspecified atom stereocenters. The van der Waals surface area contributed by atoms with Gasteiger partial charge in [-0.25, -0.2) is 4.98 Å². The third-order valence-corrected chi connectivity index (χ3v) is 12.7. The zero-order valence-corrected chi connectivity index (χ0v) is 39.4. The highest BCUT2D eigenvalue weighted by Crippen LogP contribution is 2.35. The quantitative estimate of drug-likeness (QED) is 0.0560. The predicted molar refractivity (Wildman–Crippen MR) is 262 cm³/mol. The van der Waals surface area contributed by atoms with E-state index in [4.69, 9.17) is 4.74 Å². The van der Waals surface area contributed by atoms with Gasteiger partial charge in [0.25, 0.3) is 0 Å². The molecule has 1 saturated heterocycles. The number of ether oxygens (including phenoxy) is 1. The van der Waals surface area contributed by atoms with Crippen molar-refractivity contribution in [2.45, 2.75) is 91.0 Å². The Morgan fingerprint density at radius 2 is 1.52 bits per heavy atom. The van der Waals surface area contributed by atoms with E-state index in [0.717, 1.165) is 45.0 Å². The van der Waals surface area contributed by atoms with Crippen molar-refractivity contribution in [2.24, 2.45) is 5.92 Å². The van der Waals surface area contributed by atoms with Gasteiger partial charge in [-0.3, -0.25) is 19.2 Å². The maximum atomic E-state index is 13.8. The molecule has 0 aliphatic carbocycles. The number of carbonyl (C=O) groups is 4. The molecule has 0 saturated carbocycles. The van der Waals surface area contributed by atoms with Crippen molar-refractivity contribution in [3.8, 4) is 28.0 Å². The summed E-state index contributed by atoms with van der Waals surface area (Å²) in [4.78, 5) is 61.4. The van der Waals surface area contributed by atoms with Crippen molar-refractivity contribution in [2.75, 3.05) is 26.7 Å². The van der Waals surface area contributed by atoms with Crippen LogP contribution in [0.1, 0.15) is 87.2 Å². The molecule has 66 heavy (non-hydrogen) atoms. The first-order valence-corrected chi connectivity index (χ1v) is 23.6. The molecule has 344 valence electrons. The topological polar surface area (TPSA) is 141 Å². The standard InChI is InChI=1S/C54H61N5O6S/c1-6-46(40-17-11-9-12-18-40)50(41-19-13-10-14-20-41)42-27-29-45(30-28-42)65-32-31-58(5)49(62)22-16-8-7-15-21-48(61)57-51(37(2)3)54(64)59-35-44(60)33-47(59)53(63)55-34-39-23-25-43(26-24-39)52-38(4)56-36-66-52/h9-14,17-20,23-30,36-37,44,47,51,60H,6,15-16,21-22,31-35H2,1-5H3,(H,55,63)(H,57,61)/b50-46-/t44-,47+,51+/m1/s1. The summed E-state index contributed by atoms with van der Waals surface area (Å²) in [5.74, 6) is 5.27. The van der Waals surface area contributed by atoms with Crippen molar-refractivity contribution in [1.29, 1.82) is 0 Å². The Labute approximate surface area is 393 Å². The van der Waals surface area contributed by atoms with Gasteiger partial charge in [0.1, 0.15) is 24.4 Å². The van der Waals surface area contributed by atoms with Crippen LogP contribution in [0.15, 0.2) is 115 Å². The van der Waals surface area contributed by atoms with Crippen molar-refractivity contribution < 1.29 is 29.0 Å². The zero-order valence-electron chi connectivity index (χ0n) is 38.6. The number of likely N-dealkylation sites (tertiary alicyclic amines) is 1. The molecule has 4 amide bonds. The number of carbonyl (C=O) groups excluding carboxylic acids is 4. The molecule has 6 rings (SSSR count). The van der Waals surface area contributed by atoms with E-state index < -0.39 is 24.1 Å². The van der Waals surface area contributed by atoms with Crippen LogP contribution >= 0.6 is 11.3 Å². The van der Waals surface area contributed by atoms with Gasteiger partial charge in [-0.15, -0.1) is 23.2 Å². The number of thiazole rings is 1. The van der Waals surface area contributed by atoms with Gasteiger partial charge in [0.2, 0.25) is 23.6 Å². The smallest absolute Gasteiger partial charge is 0.246 e. The molecule has 3 N–H and O–H groups in total. The minimum atomic E-state index is -0.881. The number of allylic oxidation sites excluding steroid dienone is 1. The molecular formula is C54H61N5O6S. The summed E-state index contributed by atoms with van der Waals surface area (Å²) in [6.45, 7) is 8.83. The number of benzene rings is 4. The Morgan fingerprint density at radius 3 is 2.14 bits per heavy atom. The van der Waals surface area contributed by atoms with Crippen LogP contribution in [0.25, 0.3) is 21.6 Å². The van der Waals surface area contributed by atoms with Crippen LogP contribution in [0, 0.1) is 24.7 Å². The SMILES string of the molecule is CC/C(=C(\c1ccccc1)c1ccc(OCCN(C)C(=O)CCC#CCCC(=O)N[C@H](C(=O)N2C[C@H](O)C[C@H]2C(=O)NCc2ccc(-c3scnc3C)cc2)C(C)C)cc1)c1ccccc1. The van der Waals surface area contributed by atoms with Gasteiger partial charge in [0.05, 0.1) is 28.7 Å². The summed E-state index contributed by atoms with van der Waals surface area (Å²) in [5.41, 5.74) is 10.6. The number of β-amino-alcohol motifs (C(OH)–C–C–N with tert-alkyl or cyclic N) is 1. The maximum Gasteiger partial charge on any atom is 0.246 e. The lowest BCUT2D eigenvalue weighted by molar-refractivity contribution is -0.142. The molecule has 1 fully saturated rings. The Morgan fingerprint density at radius 1 is 0.879 bits per heavy atom. The summed E-state index contributed by atoms with van der Waals surface area (Å²) >= 11 is 1.57. The van der Waals surface area contributed by atoms with E-state index in [2.05, 4.69) is 95.0 Å². The Hall–Kier alpha value is -6.55. The summed E-state index contributed by atoms with van der Waals surface area (Å²) < 4.78 is 6.03. The molecule has 3 atom stereocenters. The second-order valence-electron chi connectivity index (χ2n) is 16.8. The van der Waals surface area contributed by atoms with Gasteiger partial charge < -0.3 is 30.3 Å². The van der Waals surface area contributed by atoms with E-state index >= 15 is 0 Å². The van der Waals surface area contributed by atoms with E-state index in [-0.39, 0.29) is 62.4 Å². The second kappa shape index (κ2) is 24.1. The Balaban J connectivity index is 0.912. The van der Waals surface area contributed by atoms with Crippen LogP contribution in [0.3, 0.4) is 0 Å². The number of hydrogen-bond donors (Lipinski definition) is 3. The molecule has 12 heteroatoms. The first kappa shape index (κ1) is 48.9. The number of hydrogen-bond acceptors (Lipinski definition) is 8. The largest absolute Gasteiger partial charge is 0.492 e. The molecule has 2 heterocycles. The number of nitrogens with one attached hydrogen (secondary N) is 2. The molecule has 1 aromatic heterocycles. The Kier molecular flexibility index (Phi) is 17.9. The lowest BCUT2D eigenvalue weighted by atomic mass is 9.88. The minimum absolute atomic E-state index is 0.00310. The first-order chi connectivity index (χ1) is 31.9. The van der Waals surface area contributed by atoms with E-state index in [1.54, 1.807) is 23.3 Å². The zero-order chi connectivity index (χ0) is 47.0. The monoisotopic (exact) mass is 907 g/mol. The molecule has 11 nitrogen and oxygen atoms in total. The van der Waals surface area contributed by atoms with Gasteiger partial charge in [0.15, 0.2) is 0 Å². The van der Waals surface area contributed by atoms with Crippen molar-refractivity contribution >= 4 is 46.1 Å². The molecule has 0 radical (unpaired) electrons. The lowest BCUT2D eigenvalue weighted by Crippen LogP contribution is -2.55. The fourth-order valence-electron chi connectivity index (χ4n) is 8.04. The first-order valence-electron chi connectivity index (χ1n) is 22.7. The maximum absolute atomic E-state index is 13.8. The fraction of sp³-hybridized carbons (Fsp3) is 0.352. The number of rotatable bonds is 19. The lowest BCUT2D eigenvalue weighted by Gasteiger charge is -2.30. The van der Waals surface area contributed by atoms with E-state index in [9.17, 15) is 24.3 Å². The summed E-state index contributed by atoms with van der Waals surface area (Å²) in [6.07, 6.45) is 1.04. The van der Waals surface area contributed by atoms with Crippen LogP contribution in [0.4, 0.5) is 0 Å². The van der Waals surface area contributed by atoms with Gasteiger partial charge in [-0.2, -0.15) is 0 Å². The average molecular weight is 908 g/mol. The highest BCUT2D eigenvalue weighted by atomic mass is 32.1. The average Bonchev–Trinajstić information content (AvgIpc) is 3.95. The van der Waals surface area contributed by atoms with Gasteiger partial charge in [-0.1, -0.05) is 118 Å². The molecular weight excluding hydrogens is 847 g/mol. The molecule has 4 aromatic carbocycles. The number of aliphatic hydroxyl groups is 1. The number of nitrogens with zero attached hydrogens (tertiary/aromatic N) is 3. The molecule has 0 spiro atoms. The van der Waals surface area contributed by atoms with Crippen molar-refractivity contribution in [3.63, 3.8) is 0 Å². The highest BCUT2D eigenvalue weighted by molar-refractivity contribution is 7.13. The van der Waals surface area contributed by atoms with Crippen LogP contribution < -0.4 is 15.4 Å². The number of aromatic nitrogens is 1. The summed E-state index contributed by atoms with van der Waals surface area (Å²) in [6, 6.07) is 35.1. The van der Waals surface area contributed by atoms with E-state index in [1.807, 2.05) is 74.8 Å². The third kappa shape index (κ3) is 13.3. The van der Waals surface area contributed by atoms with Gasteiger partial charge in [-0.05, 0) is 70.4 Å². The van der Waals surface area contributed by atoms with Gasteiger partial charge >= 0.3 is 0 Å². The second-order valence-corrected chi connectivity index (χ2v) is 17.7. The van der Waals surface area contributed by atoms with E-state index in [0.29, 0.717) is 19.6 Å². The van der Waals surface area contributed by atoms with E-state index in [1.165, 1.54) is 21.6 Å². The third-order valence-electron chi connectivity index (χ3n) is 11.7. The number of aryl methyl sites for hydroxylation is 1. The minimum Gasteiger partial charge on any atom is -0.492 e. The van der Waals surface area contributed by atoms with Crippen LogP contribution in [0.5, 0.6) is 5.75 Å². The predicted octanol–water partition coefficient (Wildman–Crippen LogP) is 8.31. The van der Waals surface area contributed by atoms with Gasteiger partial charge in [0, 0.05) is 52.2 Å². The fourth-order valence-corrected chi connectivity index (χ4v) is 8.86. The van der Waals surface area contributed by atoms with Crippen LogP contribution in [-0.4, -0.2) is 88.5 Å². The molecule has 1 aliphatic heterocycles. The number of likely N-dealkylation sites (N-methyl/N-ethyl adjacent to an activating group) is 1. The van der Waals surface area contributed by atoms with Crippen LogP contribution in [-0.2, 0) is 25.7 Å². The molecule has 1 aliphatic rings. The number of aliphatic hydroxyl groups excluding tert-OH is 1. The summed E-state index contributed by atoms with van der Waals surface area (Å²) in [7, 11) is 1.74. The van der Waals surface area contributed by atoms with Crippen LogP contribution in [0.2, 0.25) is 0 Å². The highest BCUT2D eigenvalue weighted by Gasteiger charge is 2.42. The molecule has 0 bridgehead atoms. The number of amides is 4. The summed E-state index contributed by atoms with van der Waals surface area (Å²) in [5, 5.41) is 16.3. The van der Waals surface area contributed by atoms with Crippen molar-refractivity contribution in [3.05, 3.63) is 143 Å². The normalized spacial score (nSPS) is 15.3. The molecule has 5 aromatic rings.